The number of aryl methyl sites for hydroxylation is 1. The highest BCUT2D eigenvalue weighted by Gasteiger charge is 2.24. The molecule has 2 amide bonds. The van der Waals surface area contributed by atoms with Crippen LogP contribution >= 0.6 is 0 Å². The van der Waals surface area contributed by atoms with E-state index in [9.17, 15) is 9.59 Å². The molecule has 0 saturated carbocycles. The number of methoxy groups -OCH3 is 1. The van der Waals surface area contributed by atoms with Crippen molar-refractivity contribution in [3.8, 4) is 0 Å². The molecule has 0 aliphatic rings. The largest absolute Gasteiger partial charge is 0.383 e. The van der Waals surface area contributed by atoms with Crippen molar-refractivity contribution < 1.29 is 14.3 Å². The number of unbranched alkanes of at least 4 members (excludes halogenated alkanes) is 1. The zero-order valence-electron chi connectivity index (χ0n) is 21.0. The van der Waals surface area contributed by atoms with Crippen molar-refractivity contribution >= 4 is 11.8 Å². The van der Waals surface area contributed by atoms with Gasteiger partial charge in [0.05, 0.1) is 19.7 Å². The van der Waals surface area contributed by atoms with E-state index in [2.05, 4.69) is 68.8 Å². The van der Waals surface area contributed by atoms with E-state index in [1.54, 1.807) is 12.0 Å². The summed E-state index contributed by atoms with van der Waals surface area (Å²) in [5, 5.41) is 0. The maximum absolute atomic E-state index is 13.4. The van der Waals surface area contributed by atoms with Crippen LogP contribution in [0.25, 0.3) is 0 Å². The molecule has 0 bridgehead atoms. The minimum atomic E-state index is -0.0195. The fourth-order valence-corrected chi connectivity index (χ4v) is 3.84. The molecular formula is C27H41N3O3. The van der Waals surface area contributed by atoms with Crippen molar-refractivity contribution in [2.75, 3.05) is 26.8 Å². The maximum Gasteiger partial charge on any atom is 0.242 e. The molecule has 1 heterocycles. The molecule has 182 valence electrons. The van der Waals surface area contributed by atoms with E-state index in [4.69, 9.17) is 4.74 Å². The summed E-state index contributed by atoms with van der Waals surface area (Å²) in [6, 6.07) is 12.6. The van der Waals surface area contributed by atoms with Gasteiger partial charge in [0.25, 0.3) is 0 Å². The second-order valence-electron chi connectivity index (χ2n) is 8.74. The van der Waals surface area contributed by atoms with Gasteiger partial charge in [0.2, 0.25) is 11.8 Å². The van der Waals surface area contributed by atoms with Crippen LogP contribution in [0.4, 0.5) is 0 Å². The average molecular weight is 456 g/mol. The summed E-state index contributed by atoms with van der Waals surface area (Å²) < 4.78 is 7.39. The third-order valence-electron chi connectivity index (χ3n) is 6.29. The molecule has 2 rings (SSSR count). The highest BCUT2D eigenvalue weighted by atomic mass is 16.5. The first-order chi connectivity index (χ1) is 15.9. The Kier molecular flexibility index (Phi) is 11.2. The van der Waals surface area contributed by atoms with Crippen molar-refractivity contribution in [1.82, 2.24) is 14.4 Å². The number of hydrogen-bond acceptors (Lipinski definition) is 3. The topological polar surface area (TPSA) is 54.8 Å². The molecule has 0 spiro atoms. The molecule has 0 fully saturated rings. The molecule has 0 aliphatic heterocycles. The third kappa shape index (κ3) is 8.04. The molecule has 1 aromatic carbocycles. The van der Waals surface area contributed by atoms with Crippen LogP contribution in [0.3, 0.4) is 0 Å². The van der Waals surface area contributed by atoms with Crippen LogP contribution in [0.15, 0.2) is 42.6 Å². The molecule has 1 aromatic heterocycles. The van der Waals surface area contributed by atoms with Gasteiger partial charge in [-0.05, 0) is 49.9 Å². The molecule has 6 nitrogen and oxygen atoms in total. The zero-order valence-corrected chi connectivity index (χ0v) is 21.0. The van der Waals surface area contributed by atoms with Gasteiger partial charge in [-0.15, -0.1) is 0 Å². The summed E-state index contributed by atoms with van der Waals surface area (Å²) in [5.74, 6) is 0.00298. The highest BCUT2D eigenvalue weighted by Crippen LogP contribution is 2.16. The van der Waals surface area contributed by atoms with E-state index in [-0.39, 0.29) is 24.4 Å². The summed E-state index contributed by atoms with van der Waals surface area (Å²) in [6.07, 6.45) is 5.18. The van der Waals surface area contributed by atoms with E-state index < -0.39 is 0 Å². The SMILES string of the molecule is CCCCC(=O)N(CCOC)CC(=O)N(Cc1cccn1Cc1ccccc1C)C(C)CC. The lowest BCUT2D eigenvalue weighted by molar-refractivity contribution is -0.142. The molecule has 1 unspecified atom stereocenters. The number of carbonyl (C=O) groups excluding carboxylic acids is 2. The predicted octanol–water partition coefficient (Wildman–Crippen LogP) is 4.64. The van der Waals surface area contributed by atoms with Gasteiger partial charge in [-0.1, -0.05) is 44.5 Å². The molecule has 2 aromatic rings. The van der Waals surface area contributed by atoms with Crippen LogP contribution in [0.2, 0.25) is 0 Å². The van der Waals surface area contributed by atoms with Crippen molar-refractivity contribution in [3.05, 3.63) is 59.4 Å². The highest BCUT2D eigenvalue weighted by molar-refractivity contribution is 5.85. The van der Waals surface area contributed by atoms with Crippen molar-refractivity contribution in [2.45, 2.75) is 72.5 Å². The molecule has 0 saturated heterocycles. The van der Waals surface area contributed by atoms with Gasteiger partial charge in [-0.3, -0.25) is 9.59 Å². The first kappa shape index (κ1) is 26.7. The zero-order chi connectivity index (χ0) is 24.2. The number of ether oxygens (including phenoxy) is 1. The molecule has 0 radical (unpaired) electrons. The fourth-order valence-electron chi connectivity index (χ4n) is 3.84. The number of hydrogen-bond donors (Lipinski definition) is 0. The molecular weight excluding hydrogens is 414 g/mol. The Morgan fingerprint density at radius 1 is 1.09 bits per heavy atom. The molecule has 0 aliphatic carbocycles. The van der Waals surface area contributed by atoms with Gasteiger partial charge in [0.1, 0.15) is 0 Å². The minimum Gasteiger partial charge on any atom is -0.383 e. The van der Waals surface area contributed by atoms with Gasteiger partial charge in [0.15, 0.2) is 0 Å². The number of aromatic nitrogens is 1. The van der Waals surface area contributed by atoms with E-state index in [1.165, 1.54) is 11.1 Å². The average Bonchev–Trinajstić information content (AvgIpc) is 3.25. The van der Waals surface area contributed by atoms with E-state index in [0.717, 1.165) is 31.5 Å². The number of rotatable bonds is 14. The lowest BCUT2D eigenvalue weighted by atomic mass is 10.1. The number of nitrogens with zero attached hydrogens (tertiary/aromatic N) is 3. The van der Waals surface area contributed by atoms with Crippen LogP contribution in [0.5, 0.6) is 0 Å². The lowest BCUT2D eigenvalue weighted by Gasteiger charge is -2.32. The Hall–Kier alpha value is -2.60. The second-order valence-corrected chi connectivity index (χ2v) is 8.74. The maximum atomic E-state index is 13.4. The van der Waals surface area contributed by atoms with Crippen molar-refractivity contribution in [2.24, 2.45) is 0 Å². The predicted molar refractivity (Wildman–Crippen MR) is 133 cm³/mol. The first-order valence-corrected chi connectivity index (χ1v) is 12.2. The van der Waals surface area contributed by atoms with E-state index in [0.29, 0.717) is 26.1 Å². The second kappa shape index (κ2) is 13.8. The smallest absolute Gasteiger partial charge is 0.242 e. The van der Waals surface area contributed by atoms with Gasteiger partial charge in [-0.25, -0.2) is 0 Å². The Labute approximate surface area is 199 Å². The van der Waals surface area contributed by atoms with Gasteiger partial charge in [0, 0.05) is 44.6 Å². The van der Waals surface area contributed by atoms with Crippen molar-refractivity contribution in [1.29, 1.82) is 0 Å². The van der Waals surface area contributed by atoms with Gasteiger partial charge in [-0.2, -0.15) is 0 Å². The van der Waals surface area contributed by atoms with Crippen LogP contribution < -0.4 is 0 Å². The summed E-state index contributed by atoms with van der Waals surface area (Å²) in [4.78, 5) is 29.7. The fraction of sp³-hybridized carbons (Fsp3) is 0.556. The number of carbonyl (C=O) groups is 2. The van der Waals surface area contributed by atoms with E-state index in [1.807, 2.05) is 11.0 Å². The molecule has 1 atom stereocenters. The number of benzene rings is 1. The Balaban J connectivity index is 2.17. The van der Waals surface area contributed by atoms with Crippen molar-refractivity contribution in [3.63, 3.8) is 0 Å². The van der Waals surface area contributed by atoms with Crippen LogP contribution in [0.1, 0.15) is 63.3 Å². The van der Waals surface area contributed by atoms with E-state index >= 15 is 0 Å². The first-order valence-electron chi connectivity index (χ1n) is 12.2. The normalized spacial score (nSPS) is 11.9. The third-order valence-corrected chi connectivity index (χ3v) is 6.29. The van der Waals surface area contributed by atoms with Crippen LogP contribution in [-0.2, 0) is 27.4 Å². The molecule has 33 heavy (non-hydrogen) atoms. The summed E-state index contributed by atoms with van der Waals surface area (Å²) in [5.41, 5.74) is 3.61. The Bertz CT molecular complexity index is 877. The Morgan fingerprint density at radius 3 is 2.52 bits per heavy atom. The standard InChI is InChI=1S/C27H41N3O3/c1-6-8-15-26(31)29(17-18-33-5)21-27(32)30(23(4)7-2)20-25-14-11-16-28(25)19-24-13-10-9-12-22(24)3/h9-14,16,23H,6-8,15,17-21H2,1-5H3. The quantitative estimate of drug-likeness (QED) is 0.417. The molecule has 6 heteroatoms. The van der Waals surface area contributed by atoms with Crippen LogP contribution in [-0.4, -0.2) is 59.0 Å². The minimum absolute atomic E-state index is 0.0195. The van der Waals surface area contributed by atoms with Gasteiger partial charge < -0.3 is 19.1 Å². The lowest BCUT2D eigenvalue weighted by Crippen LogP contribution is -2.46. The summed E-state index contributed by atoms with van der Waals surface area (Å²) in [7, 11) is 1.62. The van der Waals surface area contributed by atoms with Gasteiger partial charge >= 0.3 is 0 Å². The van der Waals surface area contributed by atoms with Crippen LogP contribution in [0, 0.1) is 6.92 Å². The summed E-state index contributed by atoms with van der Waals surface area (Å²) in [6.45, 7) is 10.6. The summed E-state index contributed by atoms with van der Waals surface area (Å²) >= 11 is 0. The molecule has 0 N–H and O–H groups in total. The monoisotopic (exact) mass is 455 g/mol. The number of amides is 2. The Morgan fingerprint density at radius 2 is 1.85 bits per heavy atom.